The number of carbonyl (C=O) groups excluding carboxylic acids is 1. The lowest BCUT2D eigenvalue weighted by molar-refractivity contribution is -0.120. The normalized spacial score (nSPS) is 11.5. The third-order valence-corrected chi connectivity index (χ3v) is 2.84. The van der Waals surface area contributed by atoms with E-state index in [1.54, 1.807) is 4.68 Å². The molecule has 7 nitrogen and oxygen atoms in total. The number of carbonyl (C=O) groups is 1. The van der Waals surface area contributed by atoms with E-state index in [1.807, 2.05) is 31.2 Å². The van der Waals surface area contributed by atoms with Gasteiger partial charge in [0, 0.05) is 12.6 Å². The Labute approximate surface area is 129 Å². The van der Waals surface area contributed by atoms with Crippen LogP contribution >= 0.6 is 12.4 Å². The van der Waals surface area contributed by atoms with Gasteiger partial charge in [0.2, 0.25) is 5.91 Å². The fraction of sp³-hybridized carbons (Fsp3) is 0.385. The number of tetrazole rings is 1. The van der Waals surface area contributed by atoms with Crippen LogP contribution in [0.5, 0.6) is 0 Å². The molecule has 0 radical (unpaired) electrons. The molecule has 0 bridgehead atoms. The Kier molecular flexibility index (Phi) is 6.77. The van der Waals surface area contributed by atoms with E-state index in [0.29, 0.717) is 13.0 Å². The van der Waals surface area contributed by atoms with Gasteiger partial charge in [-0.25, -0.2) is 4.68 Å². The molecular weight excluding hydrogens is 292 g/mol. The van der Waals surface area contributed by atoms with Crippen molar-refractivity contribution in [1.82, 2.24) is 25.5 Å². The average molecular weight is 311 g/mol. The molecule has 0 saturated carbocycles. The van der Waals surface area contributed by atoms with Crippen molar-refractivity contribution < 1.29 is 4.79 Å². The van der Waals surface area contributed by atoms with Crippen LogP contribution in [-0.2, 0) is 11.2 Å². The number of rotatable bonds is 6. The topological polar surface area (TPSA) is 98.7 Å². The minimum atomic E-state index is 0. The van der Waals surface area contributed by atoms with E-state index >= 15 is 0 Å². The zero-order valence-corrected chi connectivity index (χ0v) is 12.6. The first-order valence-corrected chi connectivity index (χ1v) is 6.50. The molecule has 1 aromatic heterocycles. The van der Waals surface area contributed by atoms with Crippen molar-refractivity contribution in [3.63, 3.8) is 0 Å². The number of benzene rings is 1. The van der Waals surface area contributed by atoms with Crippen LogP contribution in [0.25, 0.3) is 5.69 Å². The Bertz CT molecular complexity index is 540. The highest BCUT2D eigenvalue weighted by atomic mass is 35.5. The molecule has 8 heteroatoms. The van der Waals surface area contributed by atoms with Crippen LogP contribution < -0.4 is 11.1 Å². The van der Waals surface area contributed by atoms with Gasteiger partial charge in [-0.3, -0.25) is 4.79 Å². The lowest BCUT2D eigenvalue weighted by atomic mass is 10.1. The molecule has 2 aromatic rings. The van der Waals surface area contributed by atoms with Gasteiger partial charge in [0.05, 0.1) is 12.1 Å². The Morgan fingerprint density at radius 1 is 1.38 bits per heavy atom. The fourth-order valence-corrected chi connectivity index (χ4v) is 1.73. The first-order valence-electron chi connectivity index (χ1n) is 6.50. The first kappa shape index (κ1) is 17.1. The average Bonchev–Trinajstić information content (AvgIpc) is 2.93. The van der Waals surface area contributed by atoms with E-state index < -0.39 is 0 Å². The van der Waals surface area contributed by atoms with E-state index in [2.05, 4.69) is 20.8 Å². The van der Waals surface area contributed by atoms with Crippen LogP contribution in [0.1, 0.15) is 18.9 Å². The number of hydrogen-bond donors (Lipinski definition) is 2. The van der Waals surface area contributed by atoms with Gasteiger partial charge in [0.15, 0.2) is 0 Å². The zero-order chi connectivity index (χ0) is 14.4. The van der Waals surface area contributed by atoms with Crippen molar-refractivity contribution in [3.05, 3.63) is 36.2 Å². The molecular formula is C13H19ClN6O. The predicted octanol–water partition coefficient (Wildman–Crippen LogP) is 0.480. The Hall–Kier alpha value is -1.99. The van der Waals surface area contributed by atoms with Crippen molar-refractivity contribution in [2.24, 2.45) is 5.73 Å². The second-order valence-corrected chi connectivity index (χ2v) is 4.71. The highest BCUT2D eigenvalue weighted by molar-refractivity contribution is 5.85. The van der Waals surface area contributed by atoms with Crippen molar-refractivity contribution in [2.45, 2.75) is 25.8 Å². The summed E-state index contributed by atoms with van der Waals surface area (Å²) in [6.07, 6.45) is 2.66. The largest absolute Gasteiger partial charge is 0.356 e. The smallest absolute Gasteiger partial charge is 0.224 e. The van der Waals surface area contributed by atoms with Crippen LogP contribution in [0.2, 0.25) is 0 Å². The Morgan fingerprint density at radius 3 is 2.67 bits per heavy atom. The minimum absolute atomic E-state index is 0. The van der Waals surface area contributed by atoms with Crippen molar-refractivity contribution in [2.75, 3.05) is 6.54 Å². The molecule has 21 heavy (non-hydrogen) atoms. The molecule has 1 atom stereocenters. The summed E-state index contributed by atoms with van der Waals surface area (Å²) in [4.78, 5) is 11.7. The van der Waals surface area contributed by atoms with E-state index in [1.165, 1.54) is 6.33 Å². The van der Waals surface area contributed by atoms with Crippen LogP contribution in [0, 0.1) is 0 Å². The number of nitrogens with two attached hydrogens (primary N) is 1. The summed E-state index contributed by atoms with van der Waals surface area (Å²) in [5.41, 5.74) is 7.43. The van der Waals surface area contributed by atoms with Gasteiger partial charge < -0.3 is 11.1 Å². The van der Waals surface area contributed by atoms with Crippen LogP contribution in [0.3, 0.4) is 0 Å². The zero-order valence-electron chi connectivity index (χ0n) is 11.8. The molecule has 0 aliphatic heterocycles. The molecule has 0 aliphatic rings. The fourth-order valence-electron chi connectivity index (χ4n) is 1.73. The summed E-state index contributed by atoms with van der Waals surface area (Å²) < 4.78 is 1.56. The maximum absolute atomic E-state index is 11.7. The number of hydrogen-bond acceptors (Lipinski definition) is 5. The molecule has 3 N–H and O–H groups in total. The third kappa shape index (κ3) is 5.49. The SMILES string of the molecule is CC(N)CCNC(=O)Cc1ccc(-n2cnnn2)cc1.Cl. The summed E-state index contributed by atoms with van der Waals surface area (Å²) in [5, 5.41) is 13.8. The van der Waals surface area contributed by atoms with Gasteiger partial charge >= 0.3 is 0 Å². The lowest BCUT2D eigenvalue weighted by Crippen LogP contribution is -2.29. The maximum atomic E-state index is 11.7. The number of amides is 1. The minimum Gasteiger partial charge on any atom is -0.356 e. The second-order valence-electron chi connectivity index (χ2n) is 4.71. The monoisotopic (exact) mass is 310 g/mol. The molecule has 0 fully saturated rings. The molecule has 0 spiro atoms. The highest BCUT2D eigenvalue weighted by Crippen LogP contribution is 2.08. The molecule has 1 unspecified atom stereocenters. The van der Waals surface area contributed by atoms with E-state index in [0.717, 1.165) is 17.7 Å². The molecule has 1 heterocycles. The summed E-state index contributed by atoms with van der Waals surface area (Å²) in [5.74, 6) is 0.000762. The predicted molar refractivity (Wildman–Crippen MR) is 81.4 cm³/mol. The highest BCUT2D eigenvalue weighted by Gasteiger charge is 2.04. The van der Waals surface area contributed by atoms with Crippen molar-refractivity contribution in [1.29, 1.82) is 0 Å². The summed E-state index contributed by atoms with van der Waals surface area (Å²) in [6.45, 7) is 2.53. The number of nitrogens with one attached hydrogen (secondary N) is 1. The van der Waals surface area contributed by atoms with E-state index in [4.69, 9.17) is 5.73 Å². The maximum Gasteiger partial charge on any atom is 0.224 e. The molecule has 114 valence electrons. The molecule has 2 rings (SSSR count). The number of halogens is 1. The number of nitrogens with zero attached hydrogens (tertiary/aromatic N) is 4. The van der Waals surface area contributed by atoms with E-state index in [-0.39, 0.29) is 24.4 Å². The Balaban J connectivity index is 0.00000220. The van der Waals surface area contributed by atoms with Gasteiger partial charge in [0.25, 0.3) is 0 Å². The lowest BCUT2D eigenvalue weighted by Gasteiger charge is -2.07. The van der Waals surface area contributed by atoms with Crippen LogP contribution in [0.15, 0.2) is 30.6 Å². The quantitative estimate of drug-likeness (QED) is 0.808. The van der Waals surface area contributed by atoms with Gasteiger partial charge in [0.1, 0.15) is 6.33 Å². The van der Waals surface area contributed by atoms with Crippen molar-refractivity contribution >= 4 is 18.3 Å². The first-order chi connectivity index (χ1) is 9.65. The molecule has 1 amide bonds. The summed E-state index contributed by atoms with van der Waals surface area (Å²) in [7, 11) is 0. The molecule has 0 saturated heterocycles. The van der Waals surface area contributed by atoms with Crippen LogP contribution in [-0.4, -0.2) is 38.7 Å². The van der Waals surface area contributed by atoms with Gasteiger partial charge in [-0.15, -0.1) is 17.5 Å². The van der Waals surface area contributed by atoms with Gasteiger partial charge in [-0.2, -0.15) is 0 Å². The van der Waals surface area contributed by atoms with Gasteiger partial charge in [-0.1, -0.05) is 12.1 Å². The molecule has 1 aromatic carbocycles. The Morgan fingerprint density at radius 2 is 2.10 bits per heavy atom. The third-order valence-electron chi connectivity index (χ3n) is 2.84. The van der Waals surface area contributed by atoms with Gasteiger partial charge in [-0.05, 0) is 41.5 Å². The van der Waals surface area contributed by atoms with Crippen LogP contribution in [0.4, 0.5) is 0 Å². The standard InChI is InChI=1S/C13H18N6O.ClH/c1-10(14)6-7-15-13(20)8-11-2-4-12(5-3-11)19-9-16-17-18-19;/h2-5,9-10H,6-8,14H2,1H3,(H,15,20);1H. The van der Waals surface area contributed by atoms with Crippen molar-refractivity contribution in [3.8, 4) is 5.69 Å². The van der Waals surface area contributed by atoms with E-state index in [9.17, 15) is 4.79 Å². The number of aromatic nitrogens is 4. The summed E-state index contributed by atoms with van der Waals surface area (Å²) >= 11 is 0. The molecule has 0 aliphatic carbocycles. The summed E-state index contributed by atoms with van der Waals surface area (Å²) in [6, 6.07) is 7.64. The second kappa shape index (κ2) is 8.33.